The molecular formula is C25H28BrF3N6. The number of hydrogen-bond donors (Lipinski definition) is 4. The van der Waals surface area contributed by atoms with Crippen LogP contribution in [0.4, 0.5) is 24.5 Å². The first-order chi connectivity index (χ1) is 16.4. The van der Waals surface area contributed by atoms with Gasteiger partial charge in [-0.25, -0.2) is 0 Å². The number of nitrogens with two attached hydrogens (primary N) is 3. The van der Waals surface area contributed by atoms with Gasteiger partial charge in [0, 0.05) is 47.3 Å². The van der Waals surface area contributed by atoms with Crippen LogP contribution in [0.25, 0.3) is 0 Å². The highest BCUT2D eigenvalue weighted by atomic mass is 79.9. The number of rotatable bonds is 5. The van der Waals surface area contributed by atoms with Crippen LogP contribution in [-0.2, 0) is 11.1 Å². The third kappa shape index (κ3) is 4.42. The number of benzene rings is 2. The molecule has 0 atom stereocenters. The summed E-state index contributed by atoms with van der Waals surface area (Å²) in [6.45, 7) is 2.32. The summed E-state index contributed by atoms with van der Waals surface area (Å²) in [7, 11) is 0. The monoisotopic (exact) mass is 548 g/mol. The topological polar surface area (TPSA) is 108 Å². The number of likely N-dealkylation sites (tertiary alicyclic amines) is 1. The molecule has 1 saturated heterocycles. The molecule has 0 radical (unpaired) electrons. The smallest absolute Gasteiger partial charge is 0.388 e. The number of anilines is 2. The lowest BCUT2D eigenvalue weighted by Crippen LogP contribution is -2.58. The van der Waals surface area contributed by atoms with Crippen molar-refractivity contribution in [1.82, 2.24) is 4.90 Å². The largest absolute Gasteiger partial charge is 0.423 e. The van der Waals surface area contributed by atoms with Crippen molar-refractivity contribution in [2.24, 2.45) is 17.2 Å². The van der Waals surface area contributed by atoms with Crippen LogP contribution >= 0.6 is 15.9 Å². The number of alkyl halides is 3. The van der Waals surface area contributed by atoms with Gasteiger partial charge >= 0.3 is 6.18 Å². The van der Waals surface area contributed by atoms with Gasteiger partial charge in [-0.1, -0.05) is 27.9 Å². The first kappa shape index (κ1) is 25.5. The van der Waals surface area contributed by atoms with Crippen LogP contribution in [0.3, 0.4) is 0 Å². The lowest BCUT2D eigenvalue weighted by Gasteiger charge is -2.50. The predicted octanol–water partition coefficient (Wildman–Crippen LogP) is 3.87. The van der Waals surface area contributed by atoms with Crippen molar-refractivity contribution in [3.63, 3.8) is 0 Å². The Kier molecular flexibility index (Phi) is 6.66. The third-order valence-electron chi connectivity index (χ3n) is 7.14. The van der Waals surface area contributed by atoms with Crippen LogP contribution in [0.1, 0.15) is 36.0 Å². The molecule has 6 nitrogen and oxygen atoms in total. The van der Waals surface area contributed by atoms with Gasteiger partial charge in [-0.2, -0.15) is 13.2 Å². The van der Waals surface area contributed by atoms with E-state index in [-0.39, 0.29) is 11.4 Å². The van der Waals surface area contributed by atoms with E-state index in [2.05, 4.69) is 26.8 Å². The summed E-state index contributed by atoms with van der Waals surface area (Å²) in [5, 5.41) is 7.71. The van der Waals surface area contributed by atoms with Gasteiger partial charge in [-0.3, -0.25) is 10.3 Å². The van der Waals surface area contributed by atoms with Crippen LogP contribution in [0.15, 0.2) is 40.9 Å². The summed E-state index contributed by atoms with van der Waals surface area (Å²) in [6, 6.07) is 10.5. The minimum Gasteiger partial charge on any atom is -0.388 e. The second-order valence-electron chi connectivity index (χ2n) is 9.25. The van der Waals surface area contributed by atoms with E-state index in [4.69, 9.17) is 29.0 Å². The Bertz CT molecular complexity index is 1180. The predicted molar refractivity (Wildman–Crippen MR) is 136 cm³/mol. The van der Waals surface area contributed by atoms with Crippen molar-refractivity contribution in [2.45, 2.75) is 36.5 Å². The number of fused-ring (bicyclic) bond motifs is 4. The van der Waals surface area contributed by atoms with E-state index in [1.165, 1.54) is 12.1 Å². The normalized spacial score (nSPS) is 17.6. The van der Waals surface area contributed by atoms with Crippen molar-refractivity contribution in [3.8, 4) is 12.3 Å². The van der Waals surface area contributed by atoms with E-state index in [9.17, 15) is 13.2 Å². The summed E-state index contributed by atoms with van der Waals surface area (Å²) >= 11 is 3.57. The molecule has 2 aliphatic heterocycles. The number of hydrogen-bond acceptors (Lipinski definition) is 5. The van der Waals surface area contributed by atoms with Gasteiger partial charge in [0.25, 0.3) is 0 Å². The lowest BCUT2D eigenvalue weighted by molar-refractivity contribution is -0.188. The Labute approximate surface area is 211 Å². The maximum atomic E-state index is 13.8. The van der Waals surface area contributed by atoms with Crippen LogP contribution in [0, 0.1) is 17.8 Å². The molecule has 1 fully saturated rings. The van der Waals surface area contributed by atoms with Crippen molar-refractivity contribution in [2.75, 3.05) is 31.1 Å². The van der Waals surface area contributed by atoms with E-state index in [0.29, 0.717) is 45.4 Å². The Morgan fingerprint density at radius 1 is 1.09 bits per heavy atom. The molecule has 35 heavy (non-hydrogen) atoms. The minimum absolute atomic E-state index is 0.0321. The quantitative estimate of drug-likeness (QED) is 0.196. The van der Waals surface area contributed by atoms with Crippen LogP contribution in [-0.4, -0.2) is 43.1 Å². The average Bonchev–Trinajstić information content (AvgIpc) is 2.79. The number of nitrogens with one attached hydrogen (secondary N) is 1. The summed E-state index contributed by atoms with van der Waals surface area (Å²) < 4.78 is 42.2. The molecule has 1 spiro atoms. The fraction of sp³-hybridized carbons (Fsp3) is 0.400. The van der Waals surface area contributed by atoms with Crippen molar-refractivity contribution >= 4 is 33.1 Å². The maximum absolute atomic E-state index is 13.8. The van der Waals surface area contributed by atoms with Crippen LogP contribution < -0.4 is 22.1 Å². The molecule has 0 aromatic heterocycles. The average molecular weight is 549 g/mol. The molecule has 2 heterocycles. The van der Waals surface area contributed by atoms with Gasteiger partial charge in [-0.05, 0) is 59.9 Å². The maximum Gasteiger partial charge on any atom is 0.423 e. The first-order valence-corrected chi connectivity index (χ1v) is 12.1. The Morgan fingerprint density at radius 2 is 1.69 bits per heavy atom. The molecule has 186 valence electrons. The number of terminal acetylenes is 1. The second kappa shape index (κ2) is 9.13. The van der Waals surface area contributed by atoms with E-state index >= 15 is 0 Å². The second-order valence-corrected chi connectivity index (χ2v) is 10.2. The van der Waals surface area contributed by atoms with Crippen molar-refractivity contribution in [1.29, 1.82) is 5.41 Å². The highest BCUT2D eigenvalue weighted by Crippen LogP contribution is 2.55. The molecule has 0 amide bonds. The molecule has 0 unspecified atom stereocenters. The standard InChI is InChI=1S/C25H28BrF3N6/c1-2-10-34-12-8-23(9-13-34)18-14-16(24(32,33)25(27,28)29)3-5-20(18)35(11-7-22(30)31)21-6-4-17(26)15-19(21)23/h1,3-6,14-15H,7-13,32-33H2,(H3,30,31). The minimum atomic E-state index is -4.82. The van der Waals surface area contributed by atoms with Gasteiger partial charge in [0.05, 0.1) is 12.4 Å². The summed E-state index contributed by atoms with van der Waals surface area (Å²) in [6.07, 6.45) is 2.34. The van der Waals surface area contributed by atoms with Gasteiger partial charge in [0.1, 0.15) is 0 Å². The molecule has 2 aromatic rings. The molecule has 7 N–H and O–H groups in total. The Balaban J connectivity index is 1.93. The van der Waals surface area contributed by atoms with Gasteiger partial charge < -0.3 is 22.1 Å². The van der Waals surface area contributed by atoms with E-state index in [1.807, 2.05) is 23.1 Å². The van der Waals surface area contributed by atoms with Crippen LogP contribution in [0.2, 0.25) is 0 Å². The van der Waals surface area contributed by atoms with Crippen molar-refractivity contribution < 1.29 is 13.2 Å². The molecule has 0 bridgehead atoms. The zero-order valence-corrected chi connectivity index (χ0v) is 20.7. The summed E-state index contributed by atoms with van der Waals surface area (Å²) in [4.78, 5) is 4.18. The van der Waals surface area contributed by atoms with Gasteiger partial charge in [0.2, 0.25) is 0 Å². The molecular weight excluding hydrogens is 521 g/mol. The lowest BCUT2D eigenvalue weighted by atomic mass is 9.64. The fourth-order valence-corrected chi connectivity index (χ4v) is 5.57. The number of nitrogens with zero attached hydrogens (tertiary/aromatic N) is 2. The first-order valence-electron chi connectivity index (χ1n) is 11.3. The van der Waals surface area contributed by atoms with Crippen molar-refractivity contribution in [3.05, 3.63) is 57.6 Å². The highest BCUT2D eigenvalue weighted by Gasteiger charge is 2.52. The molecule has 2 aliphatic rings. The summed E-state index contributed by atoms with van der Waals surface area (Å²) in [5.41, 5.74) is 16.7. The van der Waals surface area contributed by atoms with Gasteiger partial charge in [0.15, 0.2) is 5.66 Å². The fourth-order valence-electron chi connectivity index (χ4n) is 5.21. The summed E-state index contributed by atoms with van der Waals surface area (Å²) in [5.74, 6) is 2.71. The van der Waals surface area contributed by atoms with E-state index in [1.54, 1.807) is 6.07 Å². The number of piperidine rings is 1. The zero-order valence-electron chi connectivity index (χ0n) is 19.1. The molecule has 0 saturated carbocycles. The number of halogens is 4. The molecule has 2 aromatic carbocycles. The zero-order chi connectivity index (χ0) is 25.6. The number of amidine groups is 1. The molecule has 10 heteroatoms. The van der Waals surface area contributed by atoms with Gasteiger partial charge in [-0.15, -0.1) is 6.42 Å². The molecule has 0 aliphatic carbocycles. The highest BCUT2D eigenvalue weighted by molar-refractivity contribution is 9.10. The van der Waals surface area contributed by atoms with E-state index in [0.717, 1.165) is 27.0 Å². The van der Waals surface area contributed by atoms with Crippen LogP contribution in [0.5, 0.6) is 0 Å². The molecule has 4 rings (SSSR count). The van der Waals surface area contributed by atoms with E-state index < -0.39 is 17.3 Å². The Hall–Kier alpha value is -2.58. The third-order valence-corrected chi connectivity index (χ3v) is 7.64. The SMILES string of the molecule is C#CCN1CCC2(CC1)c1cc(Br)ccc1N(CCC(=N)N)c1ccc(C(N)(N)C(F)(F)F)cc12. The Morgan fingerprint density at radius 3 is 2.26 bits per heavy atom.